The maximum atomic E-state index is 12.5. The van der Waals surface area contributed by atoms with Gasteiger partial charge in [-0.25, -0.2) is 4.68 Å². The summed E-state index contributed by atoms with van der Waals surface area (Å²) in [5, 5.41) is 3.87. The summed E-state index contributed by atoms with van der Waals surface area (Å²) in [6, 6.07) is 17.4. The molecule has 0 spiro atoms. The average molecular weight is 311 g/mol. The van der Waals surface area contributed by atoms with E-state index < -0.39 is 0 Å². The molecule has 2 aromatic carbocycles. The van der Waals surface area contributed by atoms with E-state index in [-0.39, 0.29) is 5.56 Å². The molecule has 0 aliphatic carbocycles. The Morgan fingerprint density at radius 2 is 1.86 bits per heavy atom. The number of hydrogen-bond acceptors (Lipinski definition) is 2. The third kappa shape index (κ3) is 2.09. The van der Waals surface area contributed by atoms with Crippen LogP contribution in [0.3, 0.4) is 0 Å². The summed E-state index contributed by atoms with van der Waals surface area (Å²) < 4.78 is 1.78. The number of benzene rings is 2. The summed E-state index contributed by atoms with van der Waals surface area (Å²) in [6.07, 6.45) is 1.99. The van der Waals surface area contributed by atoms with Gasteiger partial charge in [-0.05, 0) is 48.7 Å². The smallest absolute Gasteiger partial charge is 0.269 e. The number of para-hydroxylation sites is 1. The van der Waals surface area contributed by atoms with Gasteiger partial charge in [0.2, 0.25) is 0 Å². The molecule has 4 rings (SSSR count). The summed E-state index contributed by atoms with van der Waals surface area (Å²) in [6.45, 7) is 0.822. The minimum Gasteiger partial charge on any atom is -0.278 e. The Morgan fingerprint density at radius 1 is 1.00 bits per heavy atom. The fourth-order valence-electron chi connectivity index (χ4n) is 3.17. The molecule has 0 atom stereocenters. The monoisotopic (exact) mass is 310 g/mol. The van der Waals surface area contributed by atoms with Crippen molar-refractivity contribution in [3.05, 3.63) is 75.5 Å². The molecule has 4 heteroatoms. The molecule has 2 heterocycles. The van der Waals surface area contributed by atoms with E-state index >= 15 is 0 Å². The Morgan fingerprint density at radius 3 is 2.77 bits per heavy atom. The second kappa shape index (κ2) is 5.18. The van der Waals surface area contributed by atoms with Crippen LogP contribution in [0.1, 0.15) is 12.0 Å². The predicted octanol–water partition coefficient (Wildman–Crippen LogP) is 3.87. The Labute approximate surface area is 133 Å². The topological polar surface area (TPSA) is 25.2 Å². The van der Waals surface area contributed by atoms with Gasteiger partial charge in [-0.3, -0.25) is 9.80 Å². The molecular weight excluding hydrogens is 296 g/mol. The van der Waals surface area contributed by atoms with E-state index in [2.05, 4.69) is 5.01 Å². The maximum Gasteiger partial charge on any atom is 0.269 e. The summed E-state index contributed by atoms with van der Waals surface area (Å²) in [4.78, 5) is 12.5. The molecule has 0 fully saturated rings. The van der Waals surface area contributed by atoms with Gasteiger partial charge in [-0.2, -0.15) is 0 Å². The van der Waals surface area contributed by atoms with Gasteiger partial charge in [0.05, 0.1) is 11.2 Å². The molecule has 0 bridgehead atoms. The lowest BCUT2D eigenvalue weighted by Gasteiger charge is -2.33. The molecule has 22 heavy (non-hydrogen) atoms. The van der Waals surface area contributed by atoms with Crippen LogP contribution in [-0.2, 0) is 6.42 Å². The largest absolute Gasteiger partial charge is 0.278 e. The summed E-state index contributed by atoms with van der Waals surface area (Å²) in [5.41, 5.74) is 3.17. The zero-order valence-corrected chi connectivity index (χ0v) is 12.8. The lowest BCUT2D eigenvalue weighted by Crippen LogP contribution is -2.41. The van der Waals surface area contributed by atoms with Crippen molar-refractivity contribution in [3.8, 4) is 0 Å². The highest BCUT2D eigenvalue weighted by molar-refractivity contribution is 6.30. The van der Waals surface area contributed by atoms with Crippen molar-refractivity contribution >= 4 is 28.2 Å². The highest BCUT2D eigenvalue weighted by Crippen LogP contribution is 2.30. The van der Waals surface area contributed by atoms with Crippen molar-refractivity contribution in [1.29, 1.82) is 0 Å². The molecule has 0 saturated carbocycles. The summed E-state index contributed by atoms with van der Waals surface area (Å²) in [5.74, 6) is 0. The van der Waals surface area contributed by atoms with Crippen LogP contribution in [0.5, 0.6) is 0 Å². The van der Waals surface area contributed by atoms with Crippen molar-refractivity contribution in [2.45, 2.75) is 12.8 Å². The first kappa shape index (κ1) is 13.4. The van der Waals surface area contributed by atoms with Crippen LogP contribution in [-0.4, -0.2) is 11.2 Å². The number of nitrogens with zero attached hydrogens (tertiary/aromatic N) is 2. The molecule has 0 N–H and O–H groups in total. The number of pyridine rings is 1. The third-order valence-electron chi connectivity index (χ3n) is 4.16. The van der Waals surface area contributed by atoms with Crippen molar-refractivity contribution in [2.75, 3.05) is 11.6 Å². The van der Waals surface area contributed by atoms with E-state index in [0.717, 1.165) is 41.0 Å². The van der Waals surface area contributed by atoms with Crippen molar-refractivity contribution in [1.82, 2.24) is 4.68 Å². The first-order valence-corrected chi connectivity index (χ1v) is 7.79. The molecule has 0 unspecified atom stereocenters. The number of halogens is 1. The predicted molar refractivity (Wildman–Crippen MR) is 90.7 cm³/mol. The molecule has 3 nitrogen and oxygen atoms in total. The van der Waals surface area contributed by atoms with Gasteiger partial charge in [0.25, 0.3) is 5.56 Å². The van der Waals surface area contributed by atoms with Gasteiger partial charge >= 0.3 is 0 Å². The van der Waals surface area contributed by atoms with E-state index in [4.69, 9.17) is 11.6 Å². The quantitative estimate of drug-likeness (QED) is 0.681. The number of anilines is 1. The minimum absolute atomic E-state index is 0.0125. The number of aromatic nitrogens is 1. The van der Waals surface area contributed by atoms with Gasteiger partial charge in [0.15, 0.2) is 0 Å². The summed E-state index contributed by atoms with van der Waals surface area (Å²) >= 11 is 6.11. The Kier molecular flexibility index (Phi) is 3.16. The average Bonchev–Trinajstić information content (AvgIpc) is 2.54. The third-order valence-corrected chi connectivity index (χ3v) is 4.39. The van der Waals surface area contributed by atoms with Crippen LogP contribution in [0.2, 0.25) is 5.02 Å². The Hall–Kier alpha value is -2.26. The van der Waals surface area contributed by atoms with Crippen LogP contribution >= 0.6 is 11.6 Å². The normalized spacial score (nSPS) is 14.1. The lowest BCUT2D eigenvalue weighted by atomic mass is 10.0. The number of hydrogen-bond donors (Lipinski definition) is 0. The zero-order valence-electron chi connectivity index (χ0n) is 12.0. The SMILES string of the molecule is O=c1ccc2ccccc2n1N1CCCc2cc(Cl)ccc21. The van der Waals surface area contributed by atoms with E-state index in [1.165, 1.54) is 5.56 Å². The number of aryl methyl sites for hydroxylation is 1. The van der Waals surface area contributed by atoms with E-state index in [1.807, 2.05) is 48.5 Å². The molecule has 0 radical (unpaired) electrons. The molecule has 1 aliphatic heterocycles. The van der Waals surface area contributed by atoms with E-state index in [1.54, 1.807) is 10.7 Å². The second-order valence-corrected chi connectivity index (χ2v) is 5.98. The van der Waals surface area contributed by atoms with Crippen LogP contribution in [0, 0.1) is 0 Å². The molecule has 3 aromatic rings. The van der Waals surface area contributed by atoms with Gasteiger partial charge < -0.3 is 0 Å². The second-order valence-electron chi connectivity index (χ2n) is 5.54. The number of fused-ring (bicyclic) bond motifs is 2. The fraction of sp³-hybridized carbons (Fsp3) is 0.167. The molecule has 1 aliphatic rings. The Bertz CT molecular complexity index is 916. The summed E-state index contributed by atoms with van der Waals surface area (Å²) in [7, 11) is 0. The molecular formula is C18H15ClN2O. The number of rotatable bonds is 1. The standard InChI is InChI=1S/C18H15ClN2O/c19-15-8-9-16-14(12-15)5-3-11-20(16)21-17-6-2-1-4-13(17)7-10-18(21)22/h1-2,4,6-10,12H,3,5,11H2. The Balaban J connectivity index is 1.98. The van der Waals surface area contributed by atoms with Crippen LogP contribution < -0.4 is 10.6 Å². The van der Waals surface area contributed by atoms with Gasteiger partial charge in [-0.15, -0.1) is 0 Å². The highest BCUT2D eigenvalue weighted by Gasteiger charge is 2.20. The molecule has 0 amide bonds. The molecule has 110 valence electrons. The van der Waals surface area contributed by atoms with Crippen LogP contribution in [0.15, 0.2) is 59.4 Å². The first-order chi connectivity index (χ1) is 10.7. The van der Waals surface area contributed by atoms with Gasteiger partial charge in [0, 0.05) is 23.0 Å². The van der Waals surface area contributed by atoms with Crippen LogP contribution in [0.25, 0.3) is 10.9 Å². The molecule has 1 aromatic heterocycles. The first-order valence-electron chi connectivity index (χ1n) is 7.41. The highest BCUT2D eigenvalue weighted by atomic mass is 35.5. The fourth-order valence-corrected chi connectivity index (χ4v) is 3.37. The van der Waals surface area contributed by atoms with Crippen LogP contribution in [0.4, 0.5) is 5.69 Å². The van der Waals surface area contributed by atoms with Gasteiger partial charge in [0.1, 0.15) is 0 Å². The van der Waals surface area contributed by atoms with Crippen molar-refractivity contribution in [2.24, 2.45) is 0 Å². The van der Waals surface area contributed by atoms with Gasteiger partial charge in [-0.1, -0.05) is 29.8 Å². The minimum atomic E-state index is -0.0125. The van der Waals surface area contributed by atoms with Crippen molar-refractivity contribution in [3.63, 3.8) is 0 Å². The molecule has 0 saturated heterocycles. The maximum absolute atomic E-state index is 12.5. The zero-order chi connectivity index (χ0) is 15.1. The van der Waals surface area contributed by atoms with E-state index in [9.17, 15) is 4.79 Å². The van der Waals surface area contributed by atoms with E-state index in [0.29, 0.717) is 0 Å². The van der Waals surface area contributed by atoms with Crippen molar-refractivity contribution < 1.29 is 0 Å². The lowest BCUT2D eigenvalue weighted by molar-refractivity contribution is 0.625.